The first-order valence-corrected chi connectivity index (χ1v) is 7.56. The van der Waals surface area contributed by atoms with Crippen LogP contribution in [0.25, 0.3) is 0 Å². The molecule has 2 nitrogen and oxygen atoms in total. The molecular weight excluding hydrogens is 258 g/mol. The van der Waals surface area contributed by atoms with E-state index in [0.717, 1.165) is 12.3 Å². The summed E-state index contributed by atoms with van der Waals surface area (Å²) in [5.74, 6) is 1.49. The maximum atomic E-state index is 5.19. The molecule has 0 amide bonds. The predicted molar refractivity (Wildman–Crippen MR) is 88.8 cm³/mol. The van der Waals surface area contributed by atoms with Crippen molar-refractivity contribution in [2.45, 2.75) is 39.3 Å². The minimum Gasteiger partial charge on any atom is -0.497 e. The van der Waals surface area contributed by atoms with Gasteiger partial charge in [0.05, 0.1) is 7.11 Å². The van der Waals surface area contributed by atoms with Gasteiger partial charge < -0.3 is 10.1 Å². The van der Waals surface area contributed by atoms with Gasteiger partial charge in [0.25, 0.3) is 0 Å². The Bertz CT molecular complexity index is 543. The van der Waals surface area contributed by atoms with E-state index in [1.807, 2.05) is 12.1 Å². The minimum atomic E-state index is 0.320. The van der Waals surface area contributed by atoms with E-state index < -0.39 is 0 Å². The van der Waals surface area contributed by atoms with Crippen molar-refractivity contribution in [2.75, 3.05) is 7.11 Å². The van der Waals surface area contributed by atoms with Gasteiger partial charge in [0.15, 0.2) is 0 Å². The summed E-state index contributed by atoms with van der Waals surface area (Å²) in [6.45, 7) is 7.51. The van der Waals surface area contributed by atoms with E-state index in [4.69, 9.17) is 4.74 Å². The number of hydrogen-bond donors (Lipinski definition) is 1. The zero-order valence-electron chi connectivity index (χ0n) is 13.4. The van der Waals surface area contributed by atoms with Crippen LogP contribution in [0.5, 0.6) is 5.75 Å². The molecule has 2 heteroatoms. The largest absolute Gasteiger partial charge is 0.497 e. The highest BCUT2D eigenvalue weighted by atomic mass is 16.5. The SMILES string of the molecule is COc1ccc([C@@H](C)NCc2ccc(C(C)C)cc2)cc1. The standard InChI is InChI=1S/C19H25NO/c1-14(2)17-7-5-16(6-8-17)13-20-15(3)18-9-11-19(21-4)12-10-18/h5-12,14-15,20H,13H2,1-4H3/t15-/m1/s1. The molecule has 0 radical (unpaired) electrons. The van der Waals surface area contributed by atoms with Crippen molar-refractivity contribution in [3.63, 3.8) is 0 Å². The Morgan fingerprint density at radius 3 is 1.95 bits per heavy atom. The molecular formula is C19H25NO. The van der Waals surface area contributed by atoms with Crippen molar-refractivity contribution in [3.8, 4) is 5.75 Å². The van der Waals surface area contributed by atoms with Crippen LogP contribution in [0.2, 0.25) is 0 Å². The van der Waals surface area contributed by atoms with Gasteiger partial charge >= 0.3 is 0 Å². The number of ether oxygens (including phenoxy) is 1. The Labute approximate surface area is 128 Å². The van der Waals surface area contributed by atoms with Crippen molar-refractivity contribution in [3.05, 3.63) is 65.2 Å². The molecule has 0 heterocycles. The summed E-state index contributed by atoms with van der Waals surface area (Å²) in [6.07, 6.45) is 0. The quantitative estimate of drug-likeness (QED) is 0.832. The summed E-state index contributed by atoms with van der Waals surface area (Å²) >= 11 is 0. The lowest BCUT2D eigenvalue weighted by Crippen LogP contribution is -2.18. The summed E-state index contributed by atoms with van der Waals surface area (Å²) < 4.78 is 5.19. The molecule has 2 aromatic rings. The van der Waals surface area contributed by atoms with Gasteiger partial charge in [0.2, 0.25) is 0 Å². The zero-order chi connectivity index (χ0) is 15.2. The number of nitrogens with one attached hydrogen (secondary N) is 1. The number of rotatable bonds is 6. The van der Waals surface area contributed by atoms with E-state index in [1.54, 1.807) is 7.11 Å². The lowest BCUT2D eigenvalue weighted by atomic mass is 10.0. The first-order valence-electron chi connectivity index (χ1n) is 7.56. The fourth-order valence-corrected chi connectivity index (χ4v) is 2.30. The molecule has 112 valence electrons. The van der Waals surface area contributed by atoms with E-state index >= 15 is 0 Å². The third kappa shape index (κ3) is 4.33. The molecule has 2 aromatic carbocycles. The Morgan fingerprint density at radius 1 is 0.857 bits per heavy atom. The number of benzene rings is 2. The lowest BCUT2D eigenvalue weighted by Gasteiger charge is -2.15. The summed E-state index contributed by atoms with van der Waals surface area (Å²) in [5, 5.41) is 3.56. The molecule has 0 spiro atoms. The van der Waals surface area contributed by atoms with Crippen LogP contribution in [0, 0.1) is 0 Å². The van der Waals surface area contributed by atoms with Crippen molar-refractivity contribution in [1.82, 2.24) is 5.32 Å². The summed E-state index contributed by atoms with van der Waals surface area (Å²) in [4.78, 5) is 0. The summed E-state index contributed by atoms with van der Waals surface area (Å²) in [7, 11) is 1.69. The highest BCUT2D eigenvalue weighted by Crippen LogP contribution is 2.18. The van der Waals surface area contributed by atoms with Crippen LogP contribution in [-0.2, 0) is 6.54 Å². The van der Waals surface area contributed by atoms with E-state index in [1.165, 1.54) is 16.7 Å². The molecule has 1 atom stereocenters. The van der Waals surface area contributed by atoms with Gasteiger partial charge in [-0.1, -0.05) is 50.2 Å². The second kappa shape index (κ2) is 7.28. The van der Waals surface area contributed by atoms with Gasteiger partial charge in [-0.15, -0.1) is 0 Å². The minimum absolute atomic E-state index is 0.320. The van der Waals surface area contributed by atoms with E-state index in [-0.39, 0.29) is 0 Å². The first-order chi connectivity index (χ1) is 10.1. The van der Waals surface area contributed by atoms with Crippen LogP contribution >= 0.6 is 0 Å². The van der Waals surface area contributed by atoms with Gasteiger partial charge in [-0.3, -0.25) is 0 Å². The number of methoxy groups -OCH3 is 1. The third-order valence-corrected chi connectivity index (χ3v) is 3.87. The van der Waals surface area contributed by atoms with Gasteiger partial charge in [0.1, 0.15) is 5.75 Å². The lowest BCUT2D eigenvalue weighted by molar-refractivity contribution is 0.414. The molecule has 0 saturated heterocycles. The topological polar surface area (TPSA) is 21.3 Å². The van der Waals surface area contributed by atoms with Crippen LogP contribution in [0.4, 0.5) is 0 Å². The number of hydrogen-bond acceptors (Lipinski definition) is 2. The molecule has 0 unspecified atom stereocenters. The Balaban J connectivity index is 1.92. The molecule has 0 aliphatic carbocycles. The summed E-state index contributed by atoms with van der Waals surface area (Å²) in [6, 6.07) is 17.4. The second-order valence-corrected chi connectivity index (χ2v) is 5.77. The highest BCUT2D eigenvalue weighted by Gasteiger charge is 2.05. The maximum absolute atomic E-state index is 5.19. The van der Waals surface area contributed by atoms with Gasteiger partial charge in [-0.25, -0.2) is 0 Å². The van der Waals surface area contributed by atoms with Crippen LogP contribution < -0.4 is 10.1 Å². The zero-order valence-corrected chi connectivity index (χ0v) is 13.4. The molecule has 0 aromatic heterocycles. The van der Waals surface area contributed by atoms with Crippen LogP contribution in [-0.4, -0.2) is 7.11 Å². The van der Waals surface area contributed by atoms with E-state index in [0.29, 0.717) is 12.0 Å². The van der Waals surface area contributed by atoms with Crippen molar-refractivity contribution in [1.29, 1.82) is 0 Å². The second-order valence-electron chi connectivity index (χ2n) is 5.77. The van der Waals surface area contributed by atoms with Crippen molar-refractivity contribution < 1.29 is 4.74 Å². The highest BCUT2D eigenvalue weighted by molar-refractivity contribution is 5.29. The fourth-order valence-electron chi connectivity index (χ4n) is 2.30. The molecule has 0 saturated carbocycles. The maximum Gasteiger partial charge on any atom is 0.118 e. The Hall–Kier alpha value is -1.80. The molecule has 0 aliphatic rings. The third-order valence-electron chi connectivity index (χ3n) is 3.87. The molecule has 2 rings (SSSR count). The van der Waals surface area contributed by atoms with Crippen LogP contribution in [0.3, 0.4) is 0 Å². The molecule has 21 heavy (non-hydrogen) atoms. The van der Waals surface area contributed by atoms with Gasteiger partial charge in [-0.2, -0.15) is 0 Å². The molecule has 1 N–H and O–H groups in total. The monoisotopic (exact) mass is 283 g/mol. The van der Waals surface area contributed by atoms with Crippen LogP contribution in [0.1, 0.15) is 49.4 Å². The first kappa shape index (κ1) is 15.6. The van der Waals surface area contributed by atoms with E-state index in [2.05, 4.69) is 62.5 Å². The molecule has 0 bridgehead atoms. The van der Waals surface area contributed by atoms with Gasteiger partial charge in [0, 0.05) is 12.6 Å². The van der Waals surface area contributed by atoms with Crippen molar-refractivity contribution >= 4 is 0 Å². The average Bonchev–Trinajstić information content (AvgIpc) is 2.53. The normalized spacial score (nSPS) is 12.4. The summed E-state index contributed by atoms with van der Waals surface area (Å²) in [5.41, 5.74) is 3.98. The fraction of sp³-hybridized carbons (Fsp3) is 0.368. The Kier molecular flexibility index (Phi) is 5.40. The van der Waals surface area contributed by atoms with Crippen LogP contribution in [0.15, 0.2) is 48.5 Å². The smallest absolute Gasteiger partial charge is 0.118 e. The predicted octanol–water partition coefficient (Wildman–Crippen LogP) is 4.67. The van der Waals surface area contributed by atoms with Crippen molar-refractivity contribution in [2.24, 2.45) is 0 Å². The van der Waals surface area contributed by atoms with Gasteiger partial charge in [-0.05, 0) is 41.7 Å². The Morgan fingerprint density at radius 2 is 1.43 bits per heavy atom. The average molecular weight is 283 g/mol. The molecule has 0 aliphatic heterocycles. The molecule has 0 fully saturated rings. The van der Waals surface area contributed by atoms with E-state index in [9.17, 15) is 0 Å².